The van der Waals surface area contributed by atoms with Crippen molar-refractivity contribution < 1.29 is 9.90 Å². The molecule has 2 bridgehead atoms. The molecule has 0 saturated carbocycles. The molecule has 2 unspecified atom stereocenters. The summed E-state index contributed by atoms with van der Waals surface area (Å²) in [5.74, 6) is -0.194. The molecule has 0 aliphatic carbocycles. The van der Waals surface area contributed by atoms with Crippen LogP contribution >= 0.6 is 0 Å². The zero-order valence-electron chi connectivity index (χ0n) is 8.07. The van der Waals surface area contributed by atoms with Crippen molar-refractivity contribution in [3.63, 3.8) is 0 Å². The van der Waals surface area contributed by atoms with E-state index in [0.717, 1.165) is 12.8 Å². The number of carboxylic acid groups (broad SMARTS) is 1. The molecule has 2 heterocycles. The number of hydrogen-bond acceptors (Lipinski definition) is 2. The normalized spacial score (nSPS) is 39.3. The van der Waals surface area contributed by atoms with Crippen LogP contribution in [-0.2, 0) is 4.79 Å². The van der Waals surface area contributed by atoms with Crippen molar-refractivity contribution in [1.29, 1.82) is 0 Å². The van der Waals surface area contributed by atoms with Gasteiger partial charge in [-0.1, -0.05) is 0 Å². The molecule has 2 rings (SSSR count). The summed E-state index contributed by atoms with van der Waals surface area (Å²) >= 11 is 0. The standard InChI is InChI=1S/C10H17NO2/c1-11-8-2-3-9(11)5-7(4-8)6-10(12)13/h7-9H,2-6H2,1H3,(H,12,13). The Morgan fingerprint density at radius 2 is 1.92 bits per heavy atom. The van der Waals surface area contributed by atoms with Crippen LogP contribution in [0.3, 0.4) is 0 Å². The molecule has 0 radical (unpaired) electrons. The number of carbonyl (C=O) groups is 1. The van der Waals surface area contributed by atoms with E-state index in [1.165, 1.54) is 12.8 Å². The van der Waals surface area contributed by atoms with Crippen LogP contribution in [0.15, 0.2) is 0 Å². The maximum Gasteiger partial charge on any atom is 0.303 e. The van der Waals surface area contributed by atoms with Crippen molar-refractivity contribution in [3.8, 4) is 0 Å². The molecule has 1 N–H and O–H groups in total. The summed E-state index contributed by atoms with van der Waals surface area (Å²) < 4.78 is 0. The SMILES string of the molecule is CN1C2CCC1CC(CC(=O)O)C2. The maximum atomic E-state index is 10.6. The number of nitrogens with zero attached hydrogens (tertiary/aromatic N) is 1. The van der Waals surface area contributed by atoms with Gasteiger partial charge < -0.3 is 10.0 Å². The zero-order chi connectivity index (χ0) is 9.42. The fourth-order valence-electron chi connectivity index (χ4n) is 2.94. The summed E-state index contributed by atoms with van der Waals surface area (Å²) in [5, 5.41) is 8.71. The van der Waals surface area contributed by atoms with E-state index in [-0.39, 0.29) is 0 Å². The van der Waals surface area contributed by atoms with E-state index in [0.29, 0.717) is 24.4 Å². The van der Waals surface area contributed by atoms with Crippen molar-refractivity contribution in [2.45, 2.75) is 44.2 Å². The molecule has 3 heteroatoms. The van der Waals surface area contributed by atoms with E-state index in [4.69, 9.17) is 5.11 Å². The van der Waals surface area contributed by atoms with Gasteiger partial charge in [0, 0.05) is 18.5 Å². The highest BCUT2D eigenvalue weighted by Gasteiger charge is 2.38. The van der Waals surface area contributed by atoms with Crippen LogP contribution in [0.4, 0.5) is 0 Å². The molecular formula is C10H17NO2. The molecule has 3 nitrogen and oxygen atoms in total. The van der Waals surface area contributed by atoms with Gasteiger partial charge in [-0.15, -0.1) is 0 Å². The van der Waals surface area contributed by atoms with Gasteiger partial charge in [0.25, 0.3) is 0 Å². The minimum Gasteiger partial charge on any atom is -0.481 e. The van der Waals surface area contributed by atoms with Crippen molar-refractivity contribution in [1.82, 2.24) is 4.90 Å². The summed E-state index contributed by atoms with van der Waals surface area (Å²) in [5.41, 5.74) is 0. The third kappa shape index (κ3) is 1.70. The molecule has 0 aromatic rings. The van der Waals surface area contributed by atoms with Crippen molar-refractivity contribution in [2.75, 3.05) is 7.05 Å². The molecule has 13 heavy (non-hydrogen) atoms. The van der Waals surface area contributed by atoms with Crippen molar-refractivity contribution >= 4 is 5.97 Å². The summed E-state index contributed by atoms with van der Waals surface area (Å²) in [6.07, 6.45) is 5.12. The largest absolute Gasteiger partial charge is 0.481 e. The Bertz CT molecular complexity index is 203. The van der Waals surface area contributed by atoms with Gasteiger partial charge in [0.1, 0.15) is 0 Å². The Balaban J connectivity index is 1.95. The molecule has 0 aromatic carbocycles. The molecule has 74 valence electrons. The third-order valence-corrected chi connectivity index (χ3v) is 3.66. The first-order valence-electron chi connectivity index (χ1n) is 5.10. The Kier molecular flexibility index (Phi) is 2.28. The predicted octanol–water partition coefficient (Wildman–Crippen LogP) is 1.33. The van der Waals surface area contributed by atoms with E-state index < -0.39 is 5.97 Å². The highest BCUT2D eigenvalue weighted by atomic mass is 16.4. The van der Waals surface area contributed by atoms with Crippen LogP contribution in [0, 0.1) is 5.92 Å². The molecule has 0 spiro atoms. The molecule has 2 aliphatic rings. The number of carboxylic acids is 1. The van der Waals surface area contributed by atoms with Crippen LogP contribution in [-0.4, -0.2) is 35.1 Å². The first-order valence-corrected chi connectivity index (χ1v) is 5.10. The first-order chi connectivity index (χ1) is 6.16. The molecule has 0 aromatic heterocycles. The second kappa shape index (κ2) is 3.29. The fourth-order valence-corrected chi connectivity index (χ4v) is 2.94. The number of rotatable bonds is 2. The number of piperidine rings is 1. The van der Waals surface area contributed by atoms with Crippen LogP contribution in [0.1, 0.15) is 32.1 Å². The van der Waals surface area contributed by atoms with Crippen LogP contribution in [0.5, 0.6) is 0 Å². The Morgan fingerprint density at radius 3 is 2.38 bits per heavy atom. The highest BCUT2D eigenvalue weighted by Crippen LogP contribution is 2.38. The van der Waals surface area contributed by atoms with Gasteiger partial charge >= 0.3 is 5.97 Å². The molecule has 2 aliphatic heterocycles. The lowest BCUT2D eigenvalue weighted by Crippen LogP contribution is -2.40. The van der Waals surface area contributed by atoms with Crippen molar-refractivity contribution in [2.24, 2.45) is 5.92 Å². The predicted molar refractivity (Wildman–Crippen MR) is 49.5 cm³/mol. The maximum absolute atomic E-state index is 10.6. The molecular weight excluding hydrogens is 166 g/mol. The Hall–Kier alpha value is -0.570. The van der Waals surface area contributed by atoms with Gasteiger partial charge in [-0.2, -0.15) is 0 Å². The van der Waals surface area contributed by atoms with Gasteiger partial charge in [-0.25, -0.2) is 0 Å². The van der Waals surface area contributed by atoms with E-state index in [1.54, 1.807) is 0 Å². The number of aliphatic carboxylic acids is 1. The van der Waals surface area contributed by atoms with Gasteiger partial charge in [0.05, 0.1) is 0 Å². The van der Waals surface area contributed by atoms with Crippen LogP contribution in [0.2, 0.25) is 0 Å². The summed E-state index contributed by atoms with van der Waals surface area (Å²) in [4.78, 5) is 13.0. The summed E-state index contributed by atoms with van der Waals surface area (Å²) in [6.45, 7) is 0. The molecule has 2 saturated heterocycles. The number of fused-ring (bicyclic) bond motifs is 2. The fraction of sp³-hybridized carbons (Fsp3) is 0.900. The molecule has 2 fully saturated rings. The van der Waals surface area contributed by atoms with Gasteiger partial charge in [0.2, 0.25) is 0 Å². The smallest absolute Gasteiger partial charge is 0.303 e. The lowest BCUT2D eigenvalue weighted by atomic mass is 9.89. The van der Waals surface area contributed by atoms with E-state index in [2.05, 4.69) is 11.9 Å². The van der Waals surface area contributed by atoms with E-state index in [9.17, 15) is 4.79 Å². The third-order valence-electron chi connectivity index (χ3n) is 3.66. The quantitative estimate of drug-likeness (QED) is 0.702. The van der Waals surface area contributed by atoms with Crippen LogP contribution in [0.25, 0.3) is 0 Å². The van der Waals surface area contributed by atoms with E-state index in [1.807, 2.05) is 0 Å². The summed E-state index contributed by atoms with van der Waals surface area (Å²) in [6, 6.07) is 1.34. The first kappa shape index (κ1) is 9.00. The van der Waals surface area contributed by atoms with Gasteiger partial charge in [-0.05, 0) is 38.6 Å². The lowest BCUT2D eigenvalue weighted by Gasteiger charge is -2.35. The average Bonchev–Trinajstić information content (AvgIpc) is 2.33. The molecule has 0 amide bonds. The van der Waals surface area contributed by atoms with E-state index >= 15 is 0 Å². The highest BCUT2D eigenvalue weighted by molar-refractivity contribution is 5.67. The lowest BCUT2D eigenvalue weighted by molar-refractivity contribution is -0.138. The average molecular weight is 183 g/mol. The Labute approximate surface area is 78.7 Å². The zero-order valence-corrected chi connectivity index (χ0v) is 8.07. The topological polar surface area (TPSA) is 40.5 Å². The number of hydrogen-bond donors (Lipinski definition) is 1. The van der Waals surface area contributed by atoms with Gasteiger partial charge in [0.15, 0.2) is 0 Å². The van der Waals surface area contributed by atoms with Crippen molar-refractivity contribution in [3.05, 3.63) is 0 Å². The van der Waals surface area contributed by atoms with Gasteiger partial charge in [-0.3, -0.25) is 4.79 Å². The minimum absolute atomic E-state index is 0.376. The molecule has 2 atom stereocenters. The summed E-state index contributed by atoms with van der Waals surface area (Å²) in [7, 11) is 2.18. The monoisotopic (exact) mass is 183 g/mol. The Morgan fingerprint density at radius 1 is 1.38 bits per heavy atom. The second-order valence-electron chi connectivity index (χ2n) is 4.49. The van der Waals surface area contributed by atoms with Crippen LogP contribution < -0.4 is 0 Å². The second-order valence-corrected chi connectivity index (χ2v) is 4.49. The minimum atomic E-state index is -0.631.